The minimum absolute atomic E-state index is 0.0692. The molecule has 1 aliphatic rings. The third-order valence-corrected chi connectivity index (χ3v) is 4.55. The van der Waals surface area contributed by atoms with Crippen LogP contribution in [-0.4, -0.2) is 17.8 Å². The number of benzene rings is 2. The zero-order valence-corrected chi connectivity index (χ0v) is 14.9. The number of halogens is 1. The molecule has 24 heavy (non-hydrogen) atoms. The van der Waals surface area contributed by atoms with Crippen molar-refractivity contribution in [3.05, 3.63) is 68.8 Å². The number of barbiturate groups is 1. The highest BCUT2D eigenvalue weighted by Gasteiger charge is 2.36. The molecule has 0 aliphatic carbocycles. The average Bonchev–Trinajstić information content (AvgIpc) is 2.53. The van der Waals surface area contributed by atoms with Crippen molar-refractivity contribution in [1.82, 2.24) is 5.32 Å². The molecule has 1 N–H and O–H groups in total. The van der Waals surface area contributed by atoms with Crippen molar-refractivity contribution in [3.8, 4) is 0 Å². The minimum Gasteiger partial charge on any atom is -0.273 e. The van der Waals surface area contributed by atoms with Crippen LogP contribution in [0.25, 0.3) is 6.08 Å². The topological polar surface area (TPSA) is 66.5 Å². The van der Waals surface area contributed by atoms with Gasteiger partial charge in [-0.2, -0.15) is 0 Å². The molecule has 1 saturated heterocycles. The van der Waals surface area contributed by atoms with E-state index in [9.17, 15) is 14.4 Å². The molecule has 2 aromatic carbocycles. The van der Waals surface area contributed by atoms with Crippen LogP contribution in [0, 0.1) is 10.5 Å². The van der Waals surface area contributed by atoms with Gasteiger partial charge in [-0.25, -0.2) is 9.69 Å². The van der Waals surface area contributed by atoms with Crippen LogP contribution in [0.2, 0.25) is 0 Å². The number of imide groups is 2. The highest BCUT2D eigenvalue weighted by atomic mass is 127. The zero-order chi connectivity index (χ0) is 17.3. The summed E-state index contributed by atoms with van der Waals surface area (Å²) in [5.74, 6) is -1.32. The van der Waals surface area contributed by atoms with Crippen molar-refractivity contribution in [1.29, 1.82) is 0 Å². The Hall–Kier alpha value is -2.48. The summed E-state index contributed by atoms with van der Waals surface area (Å²) >= 11 is 2.13. The van der Waals surface area contributed by atoms with Gasteiger partial charge >= 0.3 is 6.03 Å². The van der Waals surface area contributed by atoms with Gasteiger partial charge in [0.2, 0.25) is 0 Å². The lowest BCUT2D eigenvalue weighted by Crippen LogP contribution is -2.54. The SMILES string of the molecule is Cc1cccc(N2C(=O)NC(=O)/C(=C\c3ccccc3I)C2=O)c1. The van der Waals surface area contributed by atoms with Crippen LogP contribution in [0.1, 0.15) is 11.1 Å². The maximum atomic E-state index is 12.7. The predicted molar refractivity (Wildman–Crippen MR) is 99.3 cm³/mol. The molecule has 0 aromatic heterocycles. The Bertz CT molecular complexity index is 889. The van der Waals surface area contributed by atoms with E-state index in [4.69, 9.17) is 0 Å². The van der Waals surface area contributed by atoms with Gasteiger partial charge in [0.1, 0.15) is 5.57 Å². The third-order valence-electron chi connectivity index (χ3n) is 3.57. The summed E-state index contributed by atoms with van der Waals surface area (Å²) in [6.07, 6.45) is 1.51. The van der Waals surface area contributed by atoms with Crippen molar-refractivity contribution < 1.29 is 14.4 Å². The normalized spacial score (nSPS) is 16.5. The third kappa shape index (κ3) is 3.09. The molecule has 2 aromatic rings. The fraction of sp³-hybridized carbons (Fsp3) is 0.0556. The van der Waals surface area contributed by atoms with E-state index in [-0.39, 0.29) is 5.57 Å². The number of aryl methyl sites for hydroxylation is 1. The average molecular weight is 432 g/mol. The summed E-state index contributed by atoms with van der Waals surface area (Å²) < 4.78 is 0.905. The molecular formula is C18H13IN2O3. The number of urea groups is 1. The van der Waals surface area contributed by atoms with Crippen LogP contribution in [0.5, 0.6) is 0 Å². The summed E-state index contributed by atoms with van der Waals surface area (Å²) in [6.45, 7) is 1.87. The van der Waals surface area contributed by atoms with Gasteiger partial charge < -0.3 is 0 Å². The van der Waals surface area contributed by atoms with Crippen LogP contribution in [0.15, 0.2) is 54.1 Å². The fourth-order valence-corrected chi connectivity index (χ4v) is 2.95. The Balaban J connectivity index is 2.05. The van der Waals surface area contributed by atoms with Gasteiger partial charge in [-0.1, -0.05) is 30.3 Å². The van der Waals surface area contributed by atoms with E-state index in [2.05, 4.69) is 27.9 Å². The van der Waals surface area contributed by atoms with E-state index in [1.807, 2.05) is 37.3 Å². The number of nitrogens with zero attached hydrogens (tertiary/aromatic N) is 1. The molecule has 6 heteroatoms. The molecule has 1 fully saturated rings. The van der Waals surface area contributed by atoms with Crippen LogP contribution < -0.4 is 10.2 Å². The van der Waals surface area contributed by atoms with Gasteiger partial charge in [0.25, 0.3) is 11.8 Å². The first-order valence-electron chi connectivity index (χ1n) is 7.20. The van der Waals surface area contributed by atoms with E-state index in [0.29, 0.717) is 5.69 Å². The van der Waals surface area contributed by atoms with Crippen LogP contribution in [0.3, 0.4) is 0 Å². The van der Waals surface area contributed by atoms with E-state index in [0.717, 1.165) is 19.6 Å². The number of anilines is 1. The Morgan fingerprint density at radius 2 is 1.79 bits per heavy atom. The Labute approximate surface area is 152 Å². The van der Waals surface area contributed by atoms with Gasteiger partial charge in [-0.05, 0) is 64.9 Å². The second kappa shape index (κ2) is 6.56. The number of carbonyl (C=O) groups is 3. The Kier molecular flexibility index (Phi) is 4.48. The van der Waals surface area contributed by atoms with Gasteiger partial charge in [-0.3, -0.25) is 14.9 Å². The molecule has 0 spiro atoms. The molecule has 1 aliphatic heterocycles. The van der Waals surface area contributed by atoms with Crippen LogP contribution in [-0.2, 0) is 9.59 Å². The highest BCUT2D eigenvalue weighted by Crippen LogP contribution is 2.23. The van der Waals surface area contributed by atoms with E-state index in [1.54, 1.807) is 18.2 Å². The molecule has 4 amide bonds. The van der Waals surface area contributed by atoms with Gasteiger partial charge in [0, 0.05) is 3.57 Å². The monoisotopic (exact) mass is 432 g/mol. The van der Waals surface area contributed by atoms with Crippen molar-refractivity contribution in [2.45, 2.75) is 6.92 Å². The van der Waals surface area contributed by atoms with Crippen molar-refractivity contribution >= 4 is 52.2 Å². The second-order valence-electron chi connectivity index (χ2n) is 5.32. The van der Waals surface area contributed by atoms with Gasteiger partial charge in [-0.15, -0.1) is 0 Å². The first-order chi connectivity index (χ1) is 11.5. The molecule has 1 heterocycles. The zero-order valence-electron chi connectivity index (χ0n) is 12.7. The molecular weight excluding hydrogens is 419 g/mol. The lowest BCUT2D eigenvalue weighted by Gasteiger charge is -2.26. The molecule has 0 atom stereocenters. The molecule has 3 rings (SSSR count). The molecule has 0 unspecified atom stereocenters. The van der Waals surface area contributed by atoms with Crippen molar-refractivity contribution in [3.63, 3.8) is 0 Å². The second-order valence-corrected chi connectivity index (χ2v) is 6.48. The maximum absolute atomic E-state index is 12.7. The lowest BCUT2D eigenvalue weighted by molar-refractivity contribution is -0.122. The standard InChI is InChI=1S/C18H13IN2O3/c1-11-5-4-7-13(9-11)21-17(23)14(16(22)20-18(21)24)10-12-6-2-3-8-15(12)19/h2-10H,1H3,(H,20,22,24)/b14-10+. The summed E-state index contributed by atoms with van der Waals surface area (Å²) in [7, 11) is 0. The van der Waals surface area contributed by atoms with Crippen LogP contribution >= 0.6 is 22.6 Å². The van der Waals surface area contributed by atoms with Crippen molar-refractivity contribution in [2.75, 3.05) is 4.90 Å². The lowest BCUT2D eigenvalue weighted by atomic mass is 10.1. The van der Waals surface area contributed by atoms with E-state index < -0.39 is 17.8 Å². The largest absolute Gasteiger partial charge is 0.335 e. The number of hydrogen-bond donors (Lipinski definition) is 1. The summed E-state index contributed by atoms with van der Waals surface area (Å²) in [5.41, 5.74) is 2.02. The first-order valence-corrected chi connectivity index (χ1v) is 8.28. The van der Waals surface area contributed by atoms with Gasteiger partial charge in [0.15, 0.2) is 0 Å². The fourth-order valence-electron chi connectivity index (χ4n) is 2.41. The number of nitrogens with one attached hydrogen (secondary N) is 1. The summed E-state index contributed by atoms with van der Waals surface area (Å²) in [5, 5.41) is 2.22. The number of carbonyl (C=O) groups excluding carboxylic acids is 3. The molecule has 120 valence electrons. The summed E-state index contributed by atoms with van der Waals surface area (Å²) in [4.78, 5) is 38.0. The smallest absolute Gasteiger partial charge is 0.273 e. The number of rotatable bonds is 2. The molecule has 0 bridgehead atoms. The number of hydrogen-bond acceptors (Lipinski definition) is 3. The minimum atomic E-state index is -0.740. The number of amides is 4. The van der Waals surface area contributed by atoms with Crippen LogP contribution in [0.4, 0.5) is 10.5 Å². The molecule has 0 radical (unpaired) electrons. The summed E-state index contributed by atoms with van der Waals surface area (Å²) in [6, 6.07) is 13.6. The maximum Gasteiger partial charge on any atom is 0.335 e. The van der Waals surface area contributed by atoms with E-state index in [1.165, 1.54) is 6.08 Å². The Morgan fingerprint density at radius 3 is 2.50 bits per heavy atom. The predicted octanol–water partition coefficient (Wildman–Crippen LogP) is 3.27. The van der Waals surface area contributed by atoms with Gasteiger partial charge in [0.05, 0.1) is 5.69 Å². The van der Waals surface area contributed by atoms with Crippen molar-refractivity contribution in [2.24, 2.45) is 0 Å². The molecule has 0 saturated carbocycles. The van der Waals surface area contributed by atoms with E-state index >= 15 is 0 Å². The highest BCUT2D eigenvalue weighted by molar-refractivity contribution is 14.1. The first kappa shape index (κ1) is 16.4. The Morgan fingerprint density at radius 1 is 1.04 bits per heavy atom. The quantitative estimate of drug-likeness (QED) is 0.450. The molecule has 5 nitrogen and oxygen atoms in total.